The van der Waals surface area contributed by atoms with Crippen molar-refractivity contribution in [2.45, 2.75) is 103 Å². The van der Waals surface area contributed by atoms with Gasteiger partial charge >= 0.3 is 0 Å². The van der Waals surface area contributed by atoms with Crippen molar-refractivity contribution in [2.75, 3.05) is 13.2 Å². The molecule has 0 amide bonds. The molecule has 5 atom stereocenters. The van der Waals surface area contributed by atoms with Gasteiger partial charge in [0.15, 0.2) is 12.1 Å². The van der Waals surface area contributed by atoms with E-state index >= 15 is 0 Å². The fourth-order valence-electron chi connectivity index (χ4n) is 3.98. The Hall–Kier alpha value is -1.22. The highest BCUT2D eigenvalue weighted by atomic mass is 31.2. The van der Waals surface area contributed by atoms with Crippen LogP contribution in [0.2, 0.25) is 0 Å². The van der Waals surface area contributed by atoms with Crippen LogP contribution >= 0.6 is 8.53 Å². The Morgan fingerprint density at radius 1 is 1.27 bits per heavy atom. The number of nitrogens with one attached hydrogen (secondary N) is 1. The van der Waals surface area contributed by atoms with Gasteiger partial charge in [-0.05, 0) is 41.5 Å². The zero-order chi connectivity index (χ0) is 24.0. The topological polar surface area (TPSA) is 124 Å². The van der Waals surface area contributed by atoms with Crippen molar-refractivity contribution in [1.29, 1.82) is 5.26 Å². The van der Waals surface area contributed by atoms with Crippen LogP contribution in [-0.2, 0) is 34.6 Å². The third-order valence-electron chi connectivity index (χ3n) is 5.25. The summed E-state index contributed by atoms with van der Waals surface area (Å²) in [6.45, 7) is 13.0. The molecule has 0 saturated carbocycles. The van der Waals surface area contributed by atoms with Crippen LogP contribution in [0.4, 0.5) is 0 Å². The van der Waals surface area contributed by atoms with E-state index in [9.17, 15) is 0 Å². The molecule has 0 bridgehead atoms. The molecule has 186 valence electrons. The molecule has 2 aliphatic rings. The Kier molecular flexibility index (Phi) is 9.56. The molecule has 0 radical (unpaired) electrons. The third-order valence-corrected chi connectivity index (χ3v) is 7.32. The molecule has 0 spiro atoms. The third kappa shape index (κ3) is 7.38. The highest BCUT2D eigenvalue weighted by Crippen LogP contribution is 2.47. The summed E-state index contributed by atoms with van der Waals surface area (Å²) in [5.41, 5.74) is 0.686. The van der Waals surface area contributed by atoms with Gasteiger partial charge in [0.2, 0.25) is 0 Å². The average Bonchev–Trinajstić information content (AvgIpc) is 3.42. The lowest BCUT2D eigenvalue weighted by Crippen LogP contribution is -2.38. The van der Waals surface area contributed by atoms with Crippen LogP contribution in [0.3, 0.4) is 0 Å². The van der Waals surface area contributed by atoms with Crippen molar-refractivity contribution in [2.24, 2.45) is 0 Å². The molecule has 2 saturated heterocycles. The summed E-state index contributed by atoms with van der Waals surface area (Å²) < 4.78 is 38.6. The summed E-state index contributed by atoms with van der Waals surface area (Å²) >= 11 is 0. The minimum Gasteiger partial charge on any atom is -0.367 e. The molecule has 1 aromatic heterocycles. The number of hydrogen-bond acceptors (Lipinski definition) is 10. The maximum atomic E-state index is 8.92. The molecular formula is C21H36N5O6P. The number of hydrogen-bond donors (Lipinski definition) is 1. The van der Waals surface area contributed by atoms with E-state index < -0.39 is 26.7 Å². The van der Waals surface area contributed by atoms with Crippen LogP contribution < -0.4 is 0 Å². The number of rotatable bonds is 13. The van der Waals surface area contributed by atoms with E-state index in [4.69, 9.17) is 33.3 Å². The molecule has 33 heavy (non-hydrogen) atoms. The van der Waals surface area contributed by atoms with Crippen molar-refractivity contribution < 1.29 is 28.0 Å². The van der Waals surface area contributed by atoms with E-state index in [0.717, 1.165) is 0 Å². The number of aromatic nitrogens is 3. The Morgan fingerprint density at radius 3 is 2.64 bits per heavy atom. The van der Waals surface area contributed by atoms with Crippen LogP contribution in [0, 0.1) is 11.3 Å². The standard InChI is InChI=1S/C21H36N5O6P/c1-14(2)26(15(3)4)33(28-9-7-8-22)29-13-19(27-12-16-11-23-25-24-16)17-10-18-20(30-17)32-21(5,6)31-18/h11,14-15,17-20H,7,9-10,12-13H2,1-6H3,(H,23,24,25)/t17?,18-,19?,20-,33?/m1/s1. The number of nitriles is 1. The van der Waals surface area contributed by atoms with Gasteiger partial charge in [0.1, 0.15) is 17.9 Å². The van der Waals surface area contributed by atoms with Gasteiger partial charge in [0.05, 0.1) is 44.6 Å². The van der Waals surface area contributed by atoms with Crippen molar-refractivity contribution in [1.82, 2.24) is 20.1 Å². The highest BCUT2D eigenvalue weighted by molar-refractivity contribution is 7.44. The Morgan fingerprint density at radius 2 is 2.03 bits per heavy atom. The molecular weight excluding hydrogens is 449 g/mol. The number of H-pyrrole nitrogens is 1. The summed E-state index contributed by atoms with van der Waals surface area (Å²) in [6.07, 6.45) is 1.30. The van der Waals surface area contributed by atoms with Crippen molar-refractivity contribution in [3.05, 3.63) is 11.9 Å². The minimum absolute atomic E-state index is 0.153. The Balaban J connectivity index is 1.67. The van der Waals surface area contributed by atoms with Crippen LogP contribution in [0.5, 0.6) is 0 Å². The van der Waals surface area contributed by atoms with E-state index in [-0.39, 0.29) is 37.5 Å². The lowest BCUT2D eigenvalue weighted by molar-refractivity contribution is -0.219. The number of nitrogens with zero attached hydrogens (tertiary/aromatic N) is 4. The monoisotopic (exact) mass is 485 g/mol. The molecule has 2 fully saturated rings. The van der Waals surface area contributed by atoms with Gasteiger partial charge in [-0.1, -0.05) is 0 Å². The fraction of sp³-hybridized carbons (Fsp3) is 0.857. The van der Waals surface area contributed by atoms with Crippen LogP contribution in [0.1, 0.15) is 60.1 Å². The summed E-state index contributed by atoms with van der Waals surface area (Å²) in [5.74, 6) is -0.661. The molecule has 1 aromatic rings. The normalized spacial score (nSPS) is 26.1. The summed E-state index contributed by atoms with van der Waals surface area (Å²) in [4.78, 5) is 0. The number of aromatic amines is 1. The van der Waals surface area contributed by atoms with Crippen LogP contribution in [0.15, 0.2) is 6.20 Å². The van der Waals surface area contributed by atoms with Gasteiger partial charge in [-0.3, -0.25) is 0 Å². The maximum absolute atomic E-state index is 8.92. The smallest absolute Gasteiger partial charge is 0.259 e. The zero-order valence-corrected chi connectivity index (χ0v) is 21.2. The molecule has 3 heterocycles. The second kappa shape index (κ2) is 12.0. The summed E-state index contributed by atoms with van der Waals surface area (Å²) in [6, 6.07) is 2.53. The quantitative estimate of drug-likeness (QED) is 0.329. The van der Waals surface area contributed by atoms with Gasteiger partial charge in [-0.15, -0.1) is 0 Å². The predicted molar refractivity (Wildman–Crippen MR) is 119 cm³/mol. The Bertz CT molecular complexity index is 735. The molecule has 12 heteroatoms. The minimum atomic E-state index is -1.39. The highest BCUT2D eigenvalue weighted by Gasteiger charge is 2.50. The summed E-state index contributed by atoms with van der Waals surface area (Å²) in [7, 11) is -1.39. The predicted octanol–water partition coefficient (Wildman–Crippen LogP) is 3.25. The Labute approximate surface area is 197 Å². The van der Waals surface area contributed by atoms with Crippen LogP contribution in [-0.4, -0.2) is 75.8 Å². The van der Waals surface area contributed by atoms with E-state index in [1.165, 1.54) is 0 Å². The van der Waals surface area contributed by atoms with Gasteiger partial charge in [0, 0.05) is 18.5 Å². The number of fused-ring (bicyclic) bond motifs is 1. The first-order chi connectivity index (χ1) is 15.7. The van der Waals surface area contributed by atoms with Gasteiger partial charge < -0.3 is 28.0 Å². The van der Waals surface area contributed by atoms with Crippen molar-refractivity contribution in [3.63, 3.8) is 0 Å². The van der Waals surface area contributed by atoms with E-state index in [0.29, 0.717) is 25.1 Å². The SMILES string of the molecule is CC(C)N(C(C)C)P(OCCC#N)OCC(OCc1cn[nH]n1)C1C[C@H]2OC(C)(C)O[C@H]2O1. The summed E-state index contributed by atoms with van der Waals surface area (Å²) in [5, 5.41) is 19.4. The van der Waals surface area contributed by atoms with Gasteiger partial charge in [0.25, 0.3) is 8.53 Å². The number of ether oxygens (including phenoxy) is 4. The molecule has 0 aromatic carbocycles. The first kappa shape index (κ1) is 26.4. The van der Waals surface area contributed by atoms with Crippen LogP contribution in [0.25, 0.3) is 0 Å². The first-order valence-corrected chi connectivity index (χ1v) is 12.5. The molecule has 2 aliphatic heterocycles. The van der Waals surface area contributed by atoms with Gasteiger partial charge in [-0.25, -0.2) is 4.67 Å². The molecule has 3 unspecified atom stereocenters. The average molecular weight is 486 g/mol. The van der Waals surface area contributed by atoms with E-state index in [1.54, 1.807) is 6.20 Å². The van der Waals surface area contributed by atoms with Crippen molar-refractivity contribution >= 4 is 8.53 Å². The van der Waals surface area contributed by atoms with E-state index in [2.05, 4.69) is 53.8 Å². The lowest BCUT2D eigenvalue weighted by Gasteiger charge is -2.36. The maximum Gasteiger partial charge on any atom is 0.259 e. The molecule has 0 aliphatic carbocycles. The largest absolute Gasteiger partial charge is 0.367 e. The lowest BCUT2D eigenvalue weighted by atomic mass is 10.1. The van der Waals surface area contributed by atoms with Crippen molar-refractivity contribution in [3.8, 4) is 6.07 Å². The van der Waals surface area contributed by atoms with Gasteiger partial charge in [-0.2, -0.15) is 20.7 Å². The van der Waals surface area contributed by atoms with E-state index in [1.807, 2.05) is 13.8 Å². The molecule has 11 nitrogen and oxygen atoms in total. The molecule has 3 rings (SSSR count). The second-order valence-electron chi connectivity index (χ2n) is 9.11. The second-order valence-corrected chi connectivity index (χ2v) is 10.6. The fourth-order valence-corrected chi connectivity index (χ4v) is 5.59. The first-order valence-electron chi connectivity index (χ1n) is 11.4. The molecule has 1 N–H and O–H groups in total. The zero-order valence-electron chi connectivity index (χ0n) is 20.3.